The van der Waals surface area contributed by atoms with E-state index < -0.39 is 0 Å². The van der Waals surface area contributed by atoms with E-state index in [4.69, 9.17) is 9.47 Å². The molecule has 0 fully saturated rings. The highest BCUT2D eigenvalue weighted by Gasteiger charge is 2.12. The summed E-state index contributed by atoms with van der Waals surface area (Å²) in [7, 11) is 3.29. The number of aryl methyl sites for hydroxylation is 1. The first kappa shape index (κ1) is 14.9. The third-order valence-corrected chi connectivity index (χ3v) is 5.14. The van der Waals surface area contributed by atoms with Crippen molar-refractivity contribution in [2.24, 2.45) is 0 Å². The molecule has 0 aliphatic heterocycles. The van der Waals surface area contributed by atoms with Gasteiger partial charge in [0.1, 0.15) is 0 Å². The van der Waals surface area contributed by atoms with Crippen LogP contribution in [0.4, 0.5) is 0 Å². The second-order valence-electron chi connectivity index (χ2n) is 5.59. The summed E-state index contributed by atoms with van der Waals surface area (Å²) in [5.74, 6) is 1.42. The van der Waals surface area contributed by atoms with Crippen LogP contribution >= 0.6 is 11.5 Å². The predicted molar refractivity (Wildman–Crippen MR) is 98.2 cm³/mol. The Morgan fingerprint density at radius 1 is 0.917 bits per heavy atom. The first-order valence-electron chi connectivity index (χ1n) is 7.57. The van der Waals surface area contributed by atoms with Crippen LogP contribution in [0.5, 0.6) is 11.5 Å². The van der Waals surface area contributed by atoms with Crippen LogP contribution in [0, 0.1) is 6.92 Å². The van der Waals surface area contributed by atoms with Crippen molar-refractivity contribution in [2.45, 2.75) is 6.92 Å². The lowest BCUT2D eigenvalue weighted by Crippen LogP contribution is -1.92. The first-order valence-corrected chi connectivity index (χ1v) is 8.34. The van der Waals surface area contributed by atoms with E-state index in [9.17, 15) is 0 Å². The van der Waals surface area contributed by atoms with Gasteiger partial charge in [0.2, 0.25) is 0 Å². The van der Waals surface area contributed by atoms with Crippen LogP contribution in [0.2, 0.25) is 0 Å². The Hall–Kier alpha value is -2.66. The molecule has 0 aliphatic carbocycles. The molecule has 5 heteroatoms. The van der Waals surface area contributed by atoms with Gasteiger partial charge in [0.25, 0.3) is 0 Å². The van der Waals surface area contributed by atoms with Crippen LogP contribution < -0.4 is 9.47 Å². The molecule has 2 aromatic carbocycles. The van der Waals surface area contributed by atoms with Crippen molar-refractivity contribution in [3.8, 4) is 22.6 Å². The maximum atomic E-state index is 5.46. The van der Waals surface area contributed by atoms with Gasteiger partial charge in [-0.3, -0.25) is 4.98 Å². The zero-order chi connectivity index (χ0) is 16.7. The number of fused-ring (bicyclic) bond motifs is 2. The van der Waals surface area contributed by atoms with Crippen LogP contribution in [0.15, 0.2) is 42.7 Å². The highest BCUT2D eigenvalue weighted by Crippen LogP contribution is 2.37. The van der Waals surface area contributed by atoms with E-state index in [0.717, 1.165) is 27.6 Å². The number of hydrogen-bond donors (Lipinski definition) is 0. The fraction of sp³-hybridized carbons (Fsp3) is 0.158. The van der Waals surface area contributed by atoms with E-state index in [0.29, 0.717) is 11.5 Å². The number of benzene rings is 2. The fourth-order valence-corrected chi connectivity index (χ4v) is 3.72. The minimum Gasteiger partial charge on any atom is -0.493 e. The summed E-state index contributed by atoms with van der Waals surface area (Å²) in [6.07, 6.45) is 3.74. The molecule has 0 unspecified atom stereocenters. The molecule has 0 aliphatic rings. The van der Waals surface area contributed by atoms with E-state index in [1.54, 1.807) is 14.2 Å². The van der Waals surface area contributed by atoms with E-state index >= 15 is 0 Å². The number of hydrogen-bond acceptors (Lipinski definition) is 5. The summed E-state index contributed by atoms with van der Waals surface area (Å²) >= 11 is 1.53. The second-order valence-corrected chi connectivity index (χ2v) is 6.40. The minimum atomic E-state index is 0.706. The van der Waals surface area contributed by atoms with Crippen molar-refractivity contribution in [1.82, 2.24) is 9.36 Å². The maximum absolute atomic E-state index is 5.46. The van der Waals surface area contributed by atoms with Crippen molar-refractivity contribution < 1.29 is 9.47 Å². The molecule has 2 heterocycles. The SMILES string of the molecule is COc1cc2cncc(-c3ccc4snc(C)c4c3)c2cc1OC. The van der Waals surface area contributed by atoms with E-state index in [1.165, 1.54) is 21.6 Å². The lowest BCUT2D eigenvalue weighted by atomic mass is 9.99. The Balaban J connectivity index is 1.99. The molecular formula is C19H16N2O2S. The molecule has 4 aromatic rings. The topological polar surface area (TPSA) is 44.2 Å². The molecule has 0 radical (unpaired) electrons. The monoisotopic (exact) mass is 336 g/mol. The summed E-state index contributed by atoms with van der Waals surface area (Å²) < 4.78 is 16.5. The van der Waals surface area contributed by atoms with Gasteiger partial charge in [0.15, 0.2) is 11.5 Å². The number of rotatable bonds is 3. The van der Waals surface area contributed by atoms with Crippen molar-refractivity contribution in [1.29, 1.82) is 0 Å². The Kier molecular flexibility index (Phi) is 3.58. The summed E-state index contributed by atoms with van der Waals surface area (Å²) in [6.45, 7) is 2.04. The Bertz CT molecular complexity index is 1060. The average Bonchev–Trinajstić information content (AvgIpc) is 3.00. The molecule has 4 nitrogen and oxygen atoms in total. The molecule has 120 valence electrons. The quantitative estimate of drug-likeness (QED) is 0.537. The zero-order valence-corrected chi connectivity index (χ0v) is 14.5. The molecule has 0 saturated carbocycles. The molecule has 0 bridgehead atoms. The average molecular weight is 336 g/mol. The molecular weight excluding hydrogens is 320 g/mol. The molecule has 2 aromatic heterocycles. The minimum absolute atomic E-state index is 0.706. The molecule has 0 atom stereocenters. The van der Waals surface area contributed by atoms with E-state index in [-0.39, 0.29) is 0 Å². The maximum Gasteiger partial charge on any atom is 0.161 e. The van der Waals surface area contributed by atoms with Crippen molar-refractivity contribution in [2.75, 3.05) is 14.2 Å². The highest BCUT2D eigenvalue weighted by molar-refractivity contribution is 7.13. The lowest BCUT2D eigenvalue weighted by Gasteiger charge is -2.12. The van der Waals surface area contributed by atoms with Crippen LogP contribution in [0.25, 0.3) is 32.0 Å². The van der Waals surface area contributed by atoms with Gasteiger partial charge < -0.3 is 9.47 Å². The summed E-state index contributed by atoms with van der Waals surface area (Å²) in [6, 6.07) is 10.4. The van der Waals surface area contributed by atoms with Crippen molar-refractivity contribution in [3.63, 3.8) is 0 Å². The predicted octanol–water partition coefficient (Wildman–Crippen LogP) is 4.84. The van der Waals surface area contributed by atoms with Crippen molar-refractivity contribution >= 4 is 32.4 Å². The normalized spacial score (nSPS) is 11.1. The van der Waals surface area contributed by atoms with Gasteiger partial charge in [-0.2, -0.15) is 4.37 Å². The summed E-state index contributed by atoms with van der Waals surface area (Å²) in [5, 5.41) is 3.29. The Labute approximate surface area is 143 Å². The lowest BCUT2D eigenvalue weighted by molar-refractivity contribution is 0.356. The van der Waals surface area contributed by atoms with Crippen LogP contribution in [0.1, 0.15) is 5.69 Å². The first-order chi connectivity index (χ1) is 11.7. The van der Waals surface area contributed by atoms with Gasteiger partial charge >= 0.3 is 0 Å². The molecule has 0 saturated heterocycles. The second kappa shape index (κ2) is 5.76. The number of nitrogens with zero attached hydrogens (tertiary/aromatic N) is 2. The van der Waals surface area contributed by atoms with E-state index in [2.05, 4.69) is 27.6 Å². The largest absolute Gasteiger partial charge is 0.493 e. The van der Waals surface area contributed by atoms with Crippen LogP contribution in [-0.2, 0) is 0 Å². The van der Waals surface area contributed by atoms with Crippen LogP contribution in [0.3, 0.4) is 0 Å². The Morgan fingerprint density at radius 3 is 2.50 bits per heavy atom. The van der Waals surface area contributed by atoms with Gasteiger partial charge in [-0.05, 0) is 53.7 Å². The third kappa shape index (κ3) is 2.29. The molecule has 0 spiro atoms. The van der Waals surface area contributed by atoms with Crippen LogP contribution in [-0.4, -0.2) is 23.6 Å². The number of ether oxygens (including phenoxy) is 2. The standard InChI is InChI=1S/C19H16N2O2S/c1-11-14-6-12(4-5-19(14)24-21-11)16-10-20-9-13-7-17(22-2)18(23-3)8-15(13)16/h4-10H,1-3H3. The highest BCUT2D eigenvalue weighted by atomic mass is 32.1. The van der Waals surface area contributed by atoms with Gasteiger partial charge in [-0.25, -0.2) is 0 Å². The number of aromatic nitrogens is 2. The molecule has 0 amide bonds. The summed E-state index contributed by atoms with van der Waals surface area (Å²) in [4.78, 5) is 4.40. The summed E-state index contributed by atoms with van der Waals surface area (Å²) in [5.41, 5.74) is 3.25. The fourth-order valence-electron chi connectivity index (χ4n) is 2.95. The number of pyridine rings is 1. The molecule has 4 rings (SSSR count). The van der Waals surface area contributed by atoms with Gasteiger partial charge in [0.05, 0.1) is 24.6 Å². The zero-order valence-electron chi connectivity index (χ0n) is 13.7. The number of methoxy groups -OCH3 is 2. The molecule has 0 N–H and O–H groups in total. The van der Waals surface area contributed by atoms with Gasteiger partial charge in [0, 0.05) is 28.7 Å². The van der Waals surface area contributed by atoms with Gasteiger partial charge in [-0.1, -0.05) is 6.07 Å². The smallest absolute Gasteiger partial charge is 0.161 e. The van der Waals surface area contributed by atoms with E-state index in [1.807, 2.05) is 31.5 Å². The van der Waals surface area contributed by atoms with Gasteiger partial charge in [-0.15, -0.1) is 0 Å². The Morgan fingerprint density at radius 2 is 1.71 bits per heavy atom. The third-order valence-electron chi connectivity index (χ3n) is 4.22. The van der Waals surface area contributed by atoms with Crippen molar-refractivity contribution in [3.05, 3.63) is 48.4 Å². The molecule has 24 heavy (non-hydrogen) atoms.